The minimum atomic E-state index is -3.17. The third-order valence-corrected chi connectivity index (χ3v) is 6.90. The van der Waals surface area contributed by atoms with Crippen LogP contribution < -0.4 is 4.90 Å². The first kappa shape index (κ1) is 15.3. The Bertz CT molecular complexity index is 570. The molecule has 0 saturated carbocycles. The van der Waals surface area contributed by atoms with Crippen molar-refractivity contribution < 1.29 is 8.42 Å². The molecule has 0 amide bonds. The van der Waals surface area contributed by atoms with Crippen molar-refractivity contribution in [1.82, 2.24) is 9.97 Å². The Kier molecular flexibility index (Phi) is 4.97. The lowest BCUT2D eigenvalue weighted by Crippen LogP contribution is -2.48. The largest absolute Gasteiger partial charge is 0.337 e. The fourth-order valence-corrected chi connectivity index (χ4v) is 5.37. The van der Waals surface area contributed by atoms with Crippen molar-refractivity contribution in [2.24, 2.45) is 0 Å². The van der Waals surface area contributed by atoms with Crippen LogP contribution in [0.2, 0.25) is 5.28 Å². The molecule has 0 N–H and O–H groups in total. The predicted octanol–water partition coefficient (Wildman–Crippen LogP) is 2.21. The Morgan fingerprint density at radius 2 is 2.37 bits per heavy atom. The lowest BCUT2D eigenvalue weighted by Gasteiger charge is -2.35. The average Bonchev–Trinajstić information content (AvgIpc) is 2.41. The highest BCUT2D eigenvalue weighted by Crippen LogP contribution is 2.31. The van der Waals surface area contributed by atoms with Crippen molar-refractivity contribution in [2.75, 3.05) is 28.7 Å². The minimum Gasteiger partial charge on any atom is -0.337 e. The van der Waals surface area contributed by atoms with Crippen LogP contribution >= 0.6 is 39.3 Å². The molecular formula is C10H13BrClN3O2S2. The number of hydrogen-bond donors (Lipinski definition) is 0. The van der Waals surface area contributed by atoms with Gasteiger partial charge in [-0.1, -0.05) is 6.92 Å². The van der Waals surface area contributed by atoms with Gasteiger partial charge in [0, 0.05) is 30.0 Å². The first-order valence-corrected chi connectivity index (χ1v) is 9.74. The van der Waals surface area contributed by atoms with E-state index < -0.39 is 15.2 Å². The molecule has 2 heterocycles. The van der Waals surface area contributed by atoms with Crippen LogP contribution in [0.5, 0.6) is 0 Å². The molecule has 1 aromatic heterocycles. The van der Waals surface area contributed by atoms with Crippen molar-refractivity contribution >= 4 is 54.9 Å². The van der Waals surface area contributed by atoms with Crippen LogP contribution in [0.1, 0.15) is 6.92 Å². The predicted molar refractivity (Wildman–Crippen MR) is 82.7 cm³/mol. The molecule has 1 saturated heterocycles. The van der Waals surface area contributed by atoms with Crippen LogP contribution in [-0.4, -0.2) is 47.6 Å². The van der Waals surface area contributed by atoms with E-state index in [0.29, 0.717) is 22.6 Å². The normalized spacial score (nSPS) is 20.6. The molecule has 9 heteroatoms. The second-order valence-corrected chi connectivity index (χ2v) is 8.77. The van der Waals surface area contributed by atoms with Crippen LogP contribution in [0.15, 0.2) is 10.7 Å². The molecular weight excluding hydrogens is 374 g/mol. The third-order valence-electron chi connectivity index (χ3n) is 2.87. The summed E-state index contributed by atoms with van der Waals surface area (Å²) in [5.74, 6) is 2.07. The van der Waals surface area contributed by atoms with E-state index in [1.165, 1.54) is 0 Å². The van der Waals surface area contributed by atoms with Crippen LogP contribution in [0.3, 0.4) is 0 Å². The standard InChI is InChI=1S/C10H13BrClN3O2S2/c1-2-19(16,17)8-6-18-4-3-15(8)9-7(11)5-13-10(12)14-9/h5,8H,2-4,6H2,1H3. The van der Waals surface area contributed by atoms with Crippen molar-refractivity contribution in [3.05, 3.63) is 16.0 Å². The number of hydrogen-bond acceptors (Lipinski definition) is 6. The summed E-state index contributed by atoms with van der Waals surface area (Å²) in [6.07, 6.45) is 1.54. The average molecular weight is 387 g/mol. The molecule has 1 aromatic rings. The second-order valence-electron chi connectivity index (χ2n) is 3.99. The number of nitrogens with zero attached hydrogens (tertiary/aromatic N) is 3. The van der Waals surface area contributed by atoms with Gasteiger partial charge in [-0.25, -0.2) is 13.4 Å². The van der Waals surface area contributed by atoms with E-state index in [0.717, 1.165) is 5.75 Å². The van der Waals surface area contributed by atoms with Crippen molar-refractivity contribution in [3.63, 3.8) is 0 Å². The van der Waals surface area contributed by atoms with Gasteiger partial charge in [0.1, 0.15) is 11.2 Å². The highest BCUT2D eigenvalue weighted by atomic mass is 79.9. The van der Waals surface area contributed by atoms with Crippen LogP contribution in [0.25, 0.3) is 0 Å². The summed E-state index contributed by atoms with van der Waals surface area (Å²) in [7, 11) is -3.17. The van der Waals surface area contributed by atoms with E-state index in [4.69, 9.17) is 11.6 Å². The third kappa shape index (κ3) is 3.34. The number of halogens is 2. The van der Waals surface area contributed by atoms with Crippen LogP contribution in [0.4, 0.5) is 5.82 Å². The molecule has 1 aliphatic rings. The van der Waals surface area contributed by atoms with Gasteiger partial charge >= 0.3 is 0 Å². The Morgan fingerprint density at radius 3 is 3.05 bits per heavy atom. The van der Waals surface area contributed by atoms with Crippen LogP contribution in [0, 0.1) is 0 Å². The summed E-state index contributed by atoms with van der Waals surface area (Å²) < 4.78 is 25.0. The van der Waals surface area contributed by atoms with E-state index in [9.17, 15) is 8.42 Å². The Morgan fingerprint density at radius 1 is 1.63 bits per heavy atom. The topological polar surface area (TPSA) is 63.2 Å². The molecule has 0 aromatic carbocycles. The molecule has 0 radical (unpaired) electrons. The fourth-order valence-electron chi connectivity index (χ4n) is 1.85. The smallest absolute Gasteiger partial charge is 0.224 e. The minimum absolute atomic E-state index is 0.115. The van der Waals surface area contributed by atoms with E-state index in [1.807, 2.05) is 0 Å². The zero-order valence-corrected chi connectivity index (χ0v) is 14.2. The Labute approximate surface area is 130 Å². The van der Waals surface area contributed by atoms with Gasteiger partial charge < -0.3 is 4.90 Å². The van der Waals surface area contributed by atoms with Gasteiger partial charge in [0.2, 0.25) is 5.28 Å². The Balaban J connectivity index is 2.42. The molecule has 106 valence electrons. The monoisotopic (exact) mass is 385 g/mol. The van der Waals surface area contributed by atoms with Gasteiger partial charge in [0.15, 0.2) is 9.84 Å². The summed E-state index contributed by atoms with van der Waals surface area (Å²) in [6, 6.07) is 0. The van der Waals surface area contributed by atoms with Gasteiger partial charge in [0.25, 0.3) is 0 Å². The number of sulfone groups is 1. The van der Waals surface area contributed by atoms with Crippen molar-refractivity contribution in [1.29, 1.82) is 0 Å². The molecule has 2 rings (SSSR count). The maximum Gasteiger partial charge on any atom is 0.224 e. The van der Waals surface area contributed by atoms with E-state index >= 15 is 0 Å². The molecule has 19 heavy (non-hydrogen) atoms. The molecule has 0 spiro atoms. The van der Waals surface area contributed by atoms with Gasteiger partial charge in [-0.15, -0.1) is 0 Å². The highest BCUT2D eigenvalue weighted by Gasteiger charge is 2.34. The van der Waals surface area contributed by atoms with Crippen LogP contribution in [-0.2, 0) is 9.84 Å². The number of aromatic nitrogens is 2. The van der Waals surface area contributed by atoms with E-state index in [-0.39, 0.29) is 11.0 Å². The molecule has 1 atom stereocenters. The van der Waals surface area contributed by atoms with Crippen molar-refractivity contribution in [3.8, 4) is 0 Å². The molecule has 1 unspecified atom stereocenters. The Hall–Kier alpha value is -0.0500. The quantitative estimate of drug-likeness (QED) is 0.742. The van der Waals surface area contributed by atoms with Crippen molar-refractivity contribution in [2.45, 2.75) is 12.3 Å². The molecule has 0 bridgehead atoms. The first-order valence-electron chi connectivity index (χ1n) is 5.69. The first-order chi connectivity index (χ1) is 8.95. The van der Waals surface area contributed by atoms with Gasteiger partial charge in [-0.05, 0) is 27.5 Å². The summed E-state index contributed by atoms with van der Waals surface area (Å²) in [5, 5.41) is -0.442. The molecule has 0 aliphatic carbocycles. The summed E-state index contributed by atoms with van der Waals surface area (Å²) >= 11 is 10.8. The summed E-state index contributed by atoms with van der Waals surface area (Å²) in [5.41, 5.74) is 0. The molecule has 1 aliphatic heterocycles. The number of rotatable bonds is 3. The molecule has 1 fully saturated rings. The SMILES string of the molecule is CCS(=O)(=O)C1CSCCN1c1nc(Cl)ncc1Br. The lowest BCUT2D eigenvalue weighted by molar-refractivity contribution is 0.578. The van der Waals surface area contributed by atoms with Gasteiger partial charge in [-0.2, -0.15) is 16.7 Å². The van der Waals surface area contributed by atoms with E-state index in [1.54, 1.807) is 29.8 Å². The molecule has 5 nitrogen and oxygen atoms in total. The lowest BCUT2D eigenvalue weighted by atomic mass is 10.4. The number of thioether (sulfide) groups is 1. The maximum absolute atomic E-state index is 12.2. The second kappa shape index (κ2) is 6.15. The summed E-state index contributed by atoms with van der Waals surface area (Å²) in [6.45, 7) is 2.29. The van der Waals surface area contributed by atoms with Gasteiger partial charge in [0.05, 0.1) is 4.47 Å². The summed E-state index contributed by atoms with van der Waals surface area (Å²) in [4.78, 5) is 9.82. The fraction of sp³-hybridized carbons (Fsp3) is 0.600. The van der Waals surface area contributed by atoms with Gasteiger partial charge in [-0.3, -0.25) is 0 Å². The number of anilines is 1. The zero-order valence-electron chi connectivity index (χ0n) is 10.2. The maximum atomic E-state index is 12.2. The zero-order chi connectivity index (χ0) is 14.0. The highest BCUT2D eigenvalue weighted by molar-refractivity contribution is 9.10. The van der Waals surface area contributed by atoms with E-state index in [2.05, 4.69) is 25.9 Å².